The second kappa shape index (κ2) is 4.18. The van der Waals surface area contributed by atoms with Gasteiger partial charge in [0.2, 0.25) is 11.8 Å². The Bertz CT molecular complexity index is 454. The van der Waals surface area contributed by atoms with Gasteiger partial charge in [-0.2, -0.15) is 0 Å². The van der Waals surface area contributed by atoms with Gasteiger partial charge in [0, 0.05) is 0 Å². The Morgan fingerprint density at radius 3 is 2.26 bits per heavy atom. The quantitative estimate of drug-likeness (QED) is 0.515. The molecule has 1 aliphatic heterocycles. The summed E-state index contributed by atoms with van der Waals surface area (Å²) < 4.78 is 0. The summed E-state index contributed by atoms with van der Waals surface area (Å²) in [4.78, 5) is 36.9. The van der Waals surface area contributed by atoms with Crippen LogP contribution in [0.3, 0.4) is 0 Å². The van der Waals surface area contributed by atoms with E-state index in [4.69, 9.17) is 0 Å². The molecule has 0 N–H and O–H groups in total. The predicted molar refractivity (Wildman–Crippen MR) is 63.3 cm³/mol. The minimum Gasteiger partial charge on any atom is -0.548 e. The number of allylic oxidation sites excluding steroid dienone is 2. The summed E-state index contributed by atoms with van der Waals surface area (Å²) in [5.41, 5.74) is 0. The van der Waals surface area contributed by atoms with Crippen molar-refractivity contribution in [3.8, 4) is 0 Å². The molecule has 0 aromatic rings. The molecule has 1 heterocycles. The Kier molecular flexibility index (Phi) is 2.73. The topological polar surface area (TPSA) is 77.5 Å². The third kappa shape index (κ3) is 1.57. The van der Waals surface area contributed by atoms with Crippen LogP contribution in [0, 0.1) is 23.7 Å². The molecule has 0 aromatic heterocycles. The van der Waals surface area contributed by atoms with E-state index in [1.807, 2.05) is 19.1 Å². The third-order valence-electron chi connectivity index (χ3n) is 4.65. The molecule has 102 valence electrons. The minimum absolute atomic E-state index is 0.112. The number of hydrogen-bond acceptors (Lipinski definition) is 4. The highest BCUT2D eigenvalue weighted by Crippen LogP contribution is 2.52. The Hall–Kier alpha value is -1.65. The second-order valence-electron chi connectivity index (χ2n) is 5.67. The van der Waals surface area contributed by atoms with Crippen LogP contribution in [-0.4, -0.2) is 28.7 Å². The normalized spacial score (nSPS) is 37.0. The standard InChI is InChI=1S/C14H17NO4/c1-2-3-9(14(18)19)15-12(16)10-7-4-5-8(6-7)11(10)13(15)17/h4-5,7-11H,2-3,6H2,1H3,(H,18,19)/p-1. The second-order valence-corrected chi connectivity index (χ2v) is 5.67. The summed E-state index contributed by atoms with van der Waals surface area (Å²) in [6, 6.07) is -1.10. The number of fused-ring (bicyclic) bond motifs is 5. The highest BCUT2D eigenvalue weighted by molar-refractivity contribution is 6.08. The number of carboxylic acids is 1. The molecule has 0 radical (unpaired) electrons. The van der Waals surface area contributed by atoms with Gasteiger partial charge in [0.25, 0.3) is 0 Å². The zero-order valence-corrected chi connectivity index (χ0v) is 10.7. The van der Waals surface area contributed by atoms with Crippen LogP contribution in [0.15, 0.2) is 12.2 Å². The first-order valence-electron chi connectivity index (χ1n) is 6.82. The van der Waals surface area contributed by atoms with Crippen molar-refractivity contribution in [2.45, 2.75) is 32.2 Å². The number of carboxylic acid groups (broad SMARTS) is 1. The van der Waals surface area contributed by atoms with E-state index in [9.17, 15) is 19.5 Å². The molecule has 0 aromatic carbocycles. The molecule has 2 bridgehead atoms. The lowest BCUT2D eigenvalue weighted by Crippen LogP contribution is -2.51. The van der Waals surface area contributed by atoms with Gasteiger partial charge in [0.15, 0.2) is 0 Å². The lowest BCUT2D eigenvalue weighted by atomic mass is 9.85. The fourth-order valence-electron chi connectivity index (χ4n) is 3.86. The summed E-state index contributed by atoms with van der Waals surface area (Å²) in [5, 5.41) is 11.2. The maximum absolute atomic E-state index is 12.4. The molecule has 3 aliphatic rings. The largest absolute Gasteiger partial charge is 0.548 e. The maximum atomic E-state index is 12.4. The number of carbonyl (C=O) groups excluding carboxylic acids is 3. The molecule has 1 saturated carbocycles. The van der Waals surface area contributed by atoms with Crippen molar-refractivity contribution in [3.63, 3.8) is 0 Å². The molecule has 0 spiro atoms. The van der Waals surface area contributed by atoms with Gasteiger partial charge >= 0.3 is 0 Å². The molecule has 2 amide bonds. The van der Waals surface area contributed by atoms with Crippen molar-refractivity contribution in [2.75, 3.05) is 0 Å². The fourth-order valence-corrected chi connectivity index (χ4v) is 3.86. The van der Waals surface area contributed by atoms with Crippen LogP contribution in [0.25, 0.3) is 0 Å². The fraction of sp³-hybridized carbons (Fsp3) is 0.643. The van der Waals surface area contributed by atoms with Crippen LogP contribution in [0.1, 0.15) is 26.2 Å². The van der Waals surface area contributed by atoms with Crippen molar-refractivity contribution in [3.05, 3.63) is 12.2 Å². The first-order valence-corrected chi connectivity index (χ1v) is 6.82. The predicted octanol–water partition coefficient (Wildman–Crippen LogP) is -0.288. The van der Waals surface area contributed by atoms with Crippen molar-refractivity contribution >= 4 is 17.8 Å². The molecule has 5 atom stereocenters. The van der Waals surface area contributed by atoms with Gasteiger partial charge in [-0.25, -0.2) is 0 Å². The van der Waals surface area contributed by atoms with Gasteiger partial charge in [-0.3, -0.25) is 14.5 Å². The lowest BCUT2D eigenvalue weighted by Gasteiger charge is -2.28. The van der Waals surface area contributed by atoms with E-state index in [0.717, 1.165) is 11.3 Å². The Morgan fingerprint density at radius 1 is 1.32 bits per heavy atom. The van der Waals surface area contributed by atoms with E-state index in [-0.39, 0.29) is 41.9 Å². The van der Waals surface area contributed by atoms with E-state index < -0.39 is 12.0 Å². The van der Waals surface area contributed by atoms with Crippen LogP contribution in [0.2, 0.25) is 0 Å². The molecule has 5 nitrogen and oxygen atoms in total. The molecule has 2 aliphatic carbocycles. The van der Waals surface area contributed by atoms with Gasteiger partial charge in [-0.1, -0.05) is 25.5 Å². The summed E-state index contributed by atoms with van der Waals surface area (Å²) >= 11 is 0. The Balaban J connectivity index is 1.91. The van der Waals surface area contributed by atoms with E-state index in [2.05, 4.69) is 0 Å². The maximum Gasteiger partial charge on any atom is 0.234 e. The number of aliphatic carboxylic acids is 1. The third-order valence-corrected chi connectivity index (χ3v) is 4.65. The van der Waals surface area contributed by atoms with Gasteiger partial charge < -0.3 is 9.90 Å². The van der Waals surface area contributed by atoms with Gasteiger partial charge in [-0.15, -0.1) is 0 Å². The number of imide groups is 1. The van der Waals surface area contributed by atoms with Gasteiger partial charge in [0.05, 0.1) is 23.8 Å². The van der Waals surface area contributed by atoms with Crippen LogP contribution < -0.4 is 5.11 Å². The van der Waals surface area contributed by atoms with Crippen molar-refractivity contribution in [2.24, 2.45) is 23.7 Å². The van der Waals surface area contributed by atoms with Crippen molar-refractivity contribution in [1.82, 2.24) is 4.90 Å². The highest BCUT2D eigenvalue weighted by atomic mass is 16.4. The number of likely N-dealkylation sites (tertiary alicyclic amines) is 1. The lowest BCUT2D eigenvalue weighted by molar-refractivity contribution is -0.311. The number of carbonyl (C=O) groups is 3. The van der Waals surface area contributed by atoms with Gasteiger partial charge in [0.1, 0.15) is 0 Å². The minimum atomic E-state index is -1.33. The SMILES string of the molecule is CCCC(C(=O)[O-])N1C(=O)C2C3C=CC(C3)C2C1=O. The molecule has 5 heteroatoms. The van der Waals surface area contributed by atoms with Crippen molar-refractivity contribution < 1.29 is 19.5 Å². The zero-order valence-electron chi connectivity index (χ0n) is 10.7. The average Bonchev–Trinajstić information content (AvgIpc) is 3.02. The summed E-state index contributed by atoms with van der Waals surface area (Å²) in [5.74, 6) is -2.39. The number of nitrogens with zero attached hydrogens (tertiary/aromatic N) is 1. The monoisotopic (exact) mass is 262 g/mol. The van der Waals surface area contributed by atoms with E-state index in [1.165, 1.54) is 0 Å². The van der Waals surface area contributed by atoms with E-state index in [1.54, 1.807) is 0 Å². The number of rotatable bonds is 4. The smallest absolute Gasteiger partial charge is 0.234 e. The van der Waals surface area contributed by atoms with E-state index >= 15 is 0 Å². The highest BCUT2D eigenvalue weighted by Gasteiger charge is 2.60. The molecule has 1 saturated heterocycles. The molecule has 5 unspecified atom stereocenters. The summed E-state index contributed by atoms with van der Waals surface area (Å²) in [6.45, 7) is 1.83. The Morgan fingerprint density at radius 2 is 1.84 bits per heavy atom. The summed E-state index contributed by atoms with van der Waals surface area (Å²) in [7, 11) is 0. The summed E-state index contributed by atoms with van der Waals surface area (Å²) in [6.07, 6.45) is 5.70. The first-order chi connectivity index (χ1) is 9.06. The van der Waals surface area contributed by atoms with E-state index in [0.29, 0.717) is 6.42 Å². The average molecular weight is 262 g/mol. The molecule has 3 rings (SSSR count). The van der Waals surface area contributed by atoms with Gasteiger partial charge in [-0.05, 0) is 24.7 Å². The molecule has 2 fully saturated rings. The van der Waals surface area contributed by atoms with Crippen LogP contribution in [0.5, 0.6) is 0 Å². The number of hydrogen-bond donors (Lipinski definition) is 0. The van der Waals surface area contributed by atoms with Crippen LogP contribution in [-0.2, 0) is 14.4 Å². The molecular weight excluding hydrogens is 246 g/mol. The molecule has 19 heavy (non-hydrogen) atoms. The Labute approximate surface area is 111 Å². The van der Waals surface area contributed by atoms with Crippen LogP contribution >= 0.6 is 0 Å². The zero-order chi connectivity index (χ0) is 13.7. The van der Waals surface area contributed by atoms with Crippen molar-refractivity contribution in [1.29, 1.82) is 0 Å². The van der Waals surface area contributed by atoms with Crippen LogP contribution in [0.4, 0.5) is 0 Å². The first kappa shape index (κ1) is 12.4. The molecular formula is C14H16NO4-. The number of amides is 2.